The van der Waals surface area contributed by atoms with E-state index in [-0.39, 0.29) is 25.2 Å². The first-order chi connectivity index (χ1) is 12.6. The molecule has 2 heterocycles. The quantitative estimate of drug-likeness (QED) is 0.853. The number of hydrogen-bond acceptors (Lipinski definition) is 3. The van der Waals surface area contributed by atoms with Gasteiger partial charge < -0.3 is 15.3 Å². The minimum atomic E-state index is -4.75. The van der Waals surface area contributed by atoms with Crippen LogP contribution in [0.1, 0.15) is 19.0 Å². The third kappa shape index (κ3) is 3.60. The second-order valence-corrected chi connectivity index (χ2v) is 6.62. The summed E-state index contributed by atoms with van der Waals surface area (Å²) in [6.45, 7) is 1.56. The fourth-order valence-electron chi connectivity index (χ4n) is 2.98. The molecule has 1 aromatic heterocycles. The molecule has 0 radical (unpaired) electrons. The number of benzene rings is 1. The molecule has 1 unspecified atom stereocenters. The molecule has 2 aromatic rings. The van der Waals surface area contributed by atoms with Crippen LogP contribution in [0.15, 0.2) is 36.5 Å². The Morgan fingerprint density at radius 2 is 1.93 bits per heavy atom. The number of aromatic nitrogens is 2. The van der Waals surface area contributed by atoms with E-state index in [0.29, 0.717) is 4.68 Å². The van der Waals surface area contributed by atoms with Gasteiger partial charge in [0, 0.05) is 13.1 Å². The number of carbonyl (C=O) groups is 2. The van der Waals surface area contributed by atoms with Crippen LogP contribution in [-0.2, 0) is 11.0 Å². The topological polar surface area (TPSA) is 87.5 Å². The number of halogens is 3. The molecular weight excluding hydrogens is 365 g/mol. The molecule has 0 saturated carbocycles. The monoisotopic (exact) mass is 382 g/mol. The molecule has 1 aromatic carbocycles. The molecule has 0 bridgehead atoms. The Morgan fingerprint density at radius 3 is 2.48 bits per heavy atom. The maximum atomic E-state index is 13.6. The van der Waals surface area contributed by atoms with Crippen molar-refractivity contribution in [3.8, 4) is 5.69 Å². The van der Waals surface area contributed by atoms with Crippen molar-refractivity contribution in [1.29, 1.82) is 0 Å². The van der Waals surface area contributed by atoms with Gasteiger partial charge in [-0.1, -0.05) is 18.2 Å². The Bertz CT molecular complexity index is 866. The molecule has 10 heteroatoms. The van der Waals surface area contributed by atoms with Gasteiger partial charge in [0.25, 0.3) is 0 Å². The fourth-order valence-corrected chi connectivity index (χ4v) is 2.98. The number of anilines is 1. The molecule has 27 heavy (non-hydrogen) atoms. The number of aliphatic carboxylic acids is 1. The minimum absolute atomic E-state index is 0.0810. The van der Waals surface area contributed by atoms with Crippen LogP contribution in [0.4, 0.5) is 23.7 Å². The highest BCUT2D eigenvalue weighted by Gasteiger charge is 2.43. The van der Waals surface area contributed by atoms with Crippen molar-refractivity contribution < 1.29 is 27.9 Å². The Morgan fingerprint density at radius 1 is 1.26 bits per heavy atom. The number of carboxylic acid groups (broad SMARTS) is 1. The van der Waals surface area contributed by atoms with E-state index in [1.54, 1.807) is 18.2 Å². The lowest BCUT2D eigenvalue weighted by Gasteiger charge is -2.21. The molecule has 1 atom stereocenters. The highest BCUT2D eigenvalue weighted by Crippen LogP contribution is 2.37. The summed E-state index contributed by atoms with van der Waals surface area (Å²) in [5.41, 5.74) is -2.51. The molecule has 1 aliphatic heterocycles. The fraction of sp³-hybridized carbons (Fsp3) is 0.353. The lowest BCUT2D eigenvalue weighted by Crippen LogP contribution is -2.37. The largest absolute Gasteiger partial charge is 0.481 e. The van der Waals surface area contributed by atoms with Gasteiger partial charge in [-0.2, -0.15) is 18.3 Å². The van der Waals surface area contributed by atoms with Gasteiger partial charge in [0.1, 0.15) is 0 Å². The number of nitrogens with one attached hydrogen (secondary N) is 1. The minimum Gasteiger partial charge on any atom is -0.481 e. The van der Waals surface area contributed by atoms with Crippen molar-refractivity contribution in [2.45, 2.75) is 19.5 Å². The van der Waals surface area contributed by atoms with Gasteiger partial charge in [0.2, 0.25) is 0 Å². The van der Waals surface area contributed by atoms with Crippen molar-refractivity contribution in [2.24, 2.45) is 5.41 Å². The van der Waals surface area contributed by atoms with Crippen LogP contribution >= 0.6 is 0 Å². The molecule has 1 aliphatic rings. The van der Waals surface area contributed by atoms with Crippen LogP contribution in [-0.4, -0.2) is 44.9 Å². The highest BCUT2D eigenvalue weighted by molar-refractivity contribution is 5.91. The van der Waals surface area contributed by atoms with Crippen LogP contribution in [0.3, 0.4) is 0 Å². The summed E-state index contributed by atoms with van der Waals surface area (Å²) in [6, 6.07) is 6.95. The SMILES string of the molecule is CC1(C(=O)O)CCN(C(=O)Nc2cnn(-c3ccccc3)c2C(F)(F)F)C1. The van der Waals surface area contributed by atoms with E-state index in [1.165, 1.54) is 24.0 Å². The zero-order valence-electron chi connectivity index (χ0n) is 14.3. The number of amides is 2. The summed E-state index contributed by atoms with van der Waals surface area (Å²) in [5, 5.41) is 15.2. The number of hydrogen-bond donors (Lipinski definition) is 2. The second kappa shape index (κ2) is 6.60. The summed E-state index contributed by atoms with van der Waals surface area (Å²) in [4.78, 5) is 24.8. The molecule has 0 aliphatic carbocycles. The number of rotatable bonds is 3. The number of carbonyl (C=O) groups excluding carboxylic acids is 1. The average molecular weight is 382 g/mol. The van der Waals surface area contributed by atoms with Gasteiger partial charge in [-0.25, -0.2) is 9.48 Å². The first-order valence-electron chi connectivity index (χ1n) is 8.12. The van der Waals surface area contributed by atoms with Crippen molar-refractivity contribution in [2.75, 3.05) is 18.4 Å². The van der Waals surface area contributed by atoms with E-state index in [1.807, 2.05) is 0 Å². The molecule has 3 rings (SSSR count). The van der Waals surface area contributed by atoms with Crippen molar-refractivity contribution in [3.63, 3.8) is 0 Å². The zero-order valence-corrected chi connectivity index (χ0v) is 14.3. The van der Waals surface area contributed by atoms with Crippen LogP contribution < -0.4 is 5.32 Å². The standard InChI is InChI=1S/C17H17F3N4O3/c1-16(14(25)26)7-8-23(10-16)15(27)22-12-9-21-24(13(12)17(18,19)20)11-5-3-2-4-6-11/h2-6,9H,7-8,10H2,1H3,(H,22,27)(H,25,26). The number of nitrogens with zero attached hydrogens (tertiary/aromatic N) is 3. The predicted molar refractivity (Wildman–Crippen MR) is 89.5 cm³/mol. The third-order valence-electron chi connectivity index (χ3n) is 4.56. The summed E-state index contributed by atoms with van der Waals surface area (Å²) < 4.78 is 41.5. The van der Waals surface area contributed by atoms with E-state index < -0.39 is 35.0 Å². The van der Waals surface area contributed by atoms with Crippen molar-refractivity contribution in [3.05, 3.63) is 42.2 Å². The first-order valence-corrected chi connectivity index (χ1v) is 8.12. The summed E-state index contributed by atoms with van der Waals surface area (Å²) in [6.07, 6.45) is -3.60. The Balaban J connectivity index is 1.87. The molecule has 0 spiro atoms. The zero-order chi connectivity index (χ0) is 19.8. The van der Waals surface area contributed by atoms with Crippen LogP contribution in [0.25, 0.3) is 5.69 Å². The van der Waals surface area contributed by atoms with Gasteiger partial charge in [0.15, 0.2) is 5.69 Å². The lowest BCUT2D eigenvalue weighted by atomic mass is 9.90. The molecule has 144 valence electrons. The van der Waals surface area contributed by atoms with E-state index in [4.69, 9.17) is 0 Å². The Kier molecular flexibility index (Phi) is 4.58. The van der Waals surface area contributed by atoms with Gasteiger partial charge in [-0.05, 0) is 25.5 Å². The van der Waals surface area contributed by atoms with E-state index in [2.05, 4.69) is 10.4 Å². The second-order valence-electron chi connectivity index (χ2n) is 6.62. The third-order valence-corrected chi connectivity index (χ3v) is 4.56. The van der Waals surface area contributed by atoms with Crippen LogP contribution in [0.5, 0.6) is 0 Å². The number of para-hydroxylation sites is 1. The Labute approximate surface area is 152 Å². The van der Waals surface area contributed by atoms with E-state index in [0.717, 1.165) is 6.20 Å². The predicted octanol–water partition coefficient (Wildman–Crippen LogP) is 3.22. The van der Waals surface area contributed by atoms with E-state index >= 15 is 0 Å². The average Bonchev–Trinajstić information content (AvgIpc) is 3.20. The molecule has 7 nitrogen and oxygen atoms in total. The molecule has 1 saturated heterocycles. The van der Waals surface area contributed by atoms with Gasteiger partial charge in [-0.3, -0.25) is 4.79 Å². The first kappa shape index (κ1) is 18.7. The van der Waals surface area contributed by atoms with Crippen molar-refractivity contribution in [1.82, 2.24) is 14.7 Å². The molecule has 2 N–H and O–H groups in total. The smallest absolute Gasteiger partial charge is 0.435 e. The van der Waals surface area contributed by atoms with Gasteiger partial charge in [-0.15, -0.1) is 0 Å². The number of carboxylic acids is 1. The number of urea groups is 1. The van der Waals surface area contributed by atoms with Gasteiger partial charge in [0.05, 0.1) is 23.0 Å². The Hall–Kier alpha value is -3.04. The molecule has 1 fully saturated rings. The number of alkyl halides is 3. The van der Waals surface area contributed by atoms with Crippen LogP contribution in [0, 0.1) is 5.41 Å². The normalized spacial score (nSPS) is 19.9. The highest BCUT2D eigenvalue weighted by atomic mass is 19.4. The summed E-state index contributed by atoms with van der Waals surface area (Å²) >= 11 is 0. The maximum absolute atomic E-state index is 13.6. The molecule has 2 amide bonds. The van der Waals surface area contributed by atoms with Gasteiger partial charge >= 0.3 is 18.2 Å². The lowest BCUT2D eigenvalue weighted by molar-refractivity contribution is -0.147. The number of likely N-dealkylation sites (tertiary alicyclic amines) is 1. The maximum Gasteiger partial charge on any atom is 0.435 e. The van der Waals surface area contributed by atoms with E-state index in [9.17, 15) is 27.9 Å². The van der Waals surface area contributed by atoms with Crippen LogP contribution in [0.2, 0.25) is 0 Å². The molecular formula is C17H17F3N4O3. The van der Waals surface area contributed by atoms with Crippen molar-refractivity contribution >= 4 is 17.7 Å². The summed E-state index contributed by atoms with van der Waals surface area (Å²) in [5.74, 6) is -1.05. The summed E-state index contributed by atoms with van der Waals surface area (Å²) in [7, 11) is 0.